The number of rotatable bonds is 3. The van der Waals surface area contributed by atoms with Gasteiger partial charge in [0.15, 0.2) is 0 Å². The lowest BCUT2D eigenvalue weighted by molar-refractivity contribution is 0.517. The van der Waals surface area contributed by atoms with E-state index in [2.05, 4.69) is 89.8 Å². The molecular weight excluding hydrogens is 314 g/mol. The Morgan fingerprint density at radius 1 is 0.654 bits per heavy atom. The van der Waals surface area contributed by atoms with E-state index in [-0.39, 0.29) is 0 Å². The van der Waals surface area contributed by atoms with Gasteiger partial charge in [-0.25, -0.2) is 0 Å². The topological polar surface area (TPSA) is 3.24 Å². The monoisotopic (exact) mass is 339 g/mol. The standard InChI is InChI=1S/C25H25N/c1-3-10-20(11-4-1)24-17-18-25(26(24)21-12-5-2-6-13-21)23-16-15-19-9-7-8-14-22(19)23/h1-14,23-25H,15-18H2/t23-,24+,25-/m0/s1. The van der Waals surface area contributed by atoms with Crippen LogP contribution in [0.2, 0.25) is 0 Å². The van der Waals surface area contributed by atoms with Gasteiger partial charge >= 0.3 is 0 Å². The maximum absolute atomic E-state index is 2.72. The predicted octanol–water partition coefficient (Wildman–Crippen LogP) is 6.13. The van der Waals surface area contributed by atoms with Gasteiger partial charge in [0, 0.05) is 17.6 Å². The van der Waals surface area contributed by atoms with Crippen LogP contribution in [0, 0.1) is 0 Å². The molecule has 0 radical (unpaired) electrons. The molecule has 1 nitrogen and oxygen atoms in total. The predicted molar refractivity (Wildman–Crippen MR) is 109 cm³/mol. The first-order valence-corrected chi connectivity index (χ1v) is 9.88. The molecule has 1 saturated heterocycles. The van der Waals surface area contributed by atoms with Gasteiger partial charge in [-0.1, -0.05) is 72.8 Å². The molecule has 0 spiro atoms. The first kappa shape index (κ1) is 15.7. The Balaban J connectivity index is 1.55. The molecule has 1 aliphatic heterocycles. The van der Waals surface area contributed by atoms with Crippen molar-refractivity contribution >= 4 is 5.69 Å². The molecule has 1 heterocycles. The van der Waals surface area contributed by atoms with Crippen molar-refractivity contribution in [2.75, 3.05) is 4.90 Å². The number of anilines is 1. The van der Waals surface area contributed by atoms with Gasteiger partial charge in [-0.05, 0) is 54.5 Å². The summed E-state index contributed by atoms with van der Waals surface area (Å²) < 4.78 is 0. The van der Waals surface area contributed by atoms with Crippen molar-refractivity contribution in [3.05, 3.63) is 102 Å². The molecule has 2 aliphatic rings. The van der Waals surface area contributed by atoms with Crippen molar-refractivity contribution in [1.29, 1.82) is 0 Å². The maximum Gasteiger partial charge on any atom is 0.0546 e. The van der Waals surface area contributed by atoms with Gasteiger partial charge in [-0.3, -0.25) is 0 Å². The molecule has 3 atom stereocenters. The molecule has 130 valence electrons. The van der Waals surface area contributed by atoms with E-state index in [1.807, 2.05) is 0 Å². The molecule has 1 aliphatic carbocycles. The van der Waals surface area contributed by atoms with Crippen molar-refractivity contribution in [3.63, 3.8) is 0 Å². The molecule has 5 rings (SSSR count). The Bertz CT molecular complexity index is 871. The fourth-order valence-corrected chi connectivity index (χ4v) is 5.20. The molecule has 1 heteroatoms. The third-order valence-corrected chi connectivity index (χ3v) is 6.31. The Hall–Kier alpha value is -2.54. The Kier molecular flexibility index (Phi) is 4.01. The van der Waals surface area contributed by atoms with Gasteiger partial charge in [0.05, 0.1) is 6.04 Å². The van der Waals surface area contributed by atoms with Crippen LogP contribution in [-0.2, 0) is 6.42 Å². The van der Waals surface area contributed by atoms with Gasteiger partial charge in [0.25, 0.3) is 0 Å². The molecule has 26 heavy (non-hydrogen) atoms. The second-order valence-electron chi connectivity index (χ2n) is 7.66. The zero-order chi connectivity index (χ0) is 17.3. The summed E-state index contributed by atoms with van der Waals surface area (Å²) in [6.45, 7) is 0. The van der Waals surface area contributed by atoms with Gasteiger partial charge in [-0.15, -0.1) is 0 Å². The summed E-state index contributed by atoms with van der Waals surface area (Å²) in [6.07, 6.45) is 5.03. The van der Waals surface area contributed by atoms with E-state index in [9.17, 15) is 0 Å². The van der Waals surface area contributed by atoms with Gasteiger partial charge < -0.3 is 4.90 Å². The largest absolute Gasteiger partial charge is 0.361 e. The molecule has 0 aromatic heterocycles. The maximum atomic E-state index is 2.72. The lowest BCUT2D eigenvalue weighted by Gasteiger charge is -2.36. The van der Waals surface area contributed by atoms with E-state index < -0.39 is 0 Å². The summed E-state index contributed by atoms with van der Waals surface area (Å²) in [7, 11) is 0. The number of aryl methyl sites for hydroxylation is 1. The van der Waals surface area contributed by atoms with E-state index in [0.717, 1.165) is 0 Å². The van der Waals surface area contributed by atoms with Gasteiger partial charge in [0.1, 0.15) is 0 Å². The fourth-order valence-electron chi connectivity index (χ4n) is 5.20. The van der Waals surface area contributed by atoms with Crippen molar-refractivity contribution < 1.29 is 0 Å². The van der Waals surface area contributed by atoms with Crippen LogP contribution in [0.15, 0.2) is 84.9 Å². The number of hydrogen-bond acceptors (Lipinski definition) is 1. The van der Waals surface area contributed by atoms with Crippen LogP contribution >= 0.6 is 0 Å². The number of benzene rings is 3. The van der Waals surface area contributed by atoms with E-state index in [1.54, 1.807) is 11.1 Å². The van der Waals surface area contributed by atoms with E-state index in [1.165, 1.54) is 36.9 Å². The normalized spacial score (nSPS) is 24.6. The quantitative estimate of drug-likeness (QED) is 0.555. The number of fused-ring (bicyclic) bond motifs is 1. The summed E-state index contributed by atoms with van der Waals surface area (Å²) in [6, 6.07) is 32.3. The third-order valence-electron chi connectivity index (χ3n) is 6.31. The van der Waals surface area contributed by atoms with Gasteiger partial charge in [-0.2, -0.15) is 0 Å². The Labute approximate surface area is 156 Å². The minimum Gasteiger partial charge on any atom is -0.361 e. The summed E-state index contributed by atoms with van der Waals surface area (Å²) in [5.41, 5.74) is 5.97. The number of hydrogen-bond donors (Lipinski definition) is 0. The molecule has 0 unspecified atom stereocenters. The van der Waals surface area contributed by atoms with Crippen LogP contribution in [0.25, 0.3) is 0 Å². The molecule has 0 saturated carbocycles. The fraction of sp³-hybridized carbons (Fsp3) is 0.280. The summed E-state index contributed by atoms with van der Waals surface area (Å²) in [5.74, 6) is 0.653. The highest BCUT2D eigenvalue weighted by Crippen LogP contribution is 2.48. The third kappa shape index (κ3) is 2.63. The molecule has 3 aromatic rings. The first-order chi connectivity index (χ1) is 12.9. The highest BCUT2D eigenvalue weighted by Gasteiger charge is 2.41. The minimum atomic E-state index is 0.483. The van der Waals surface area contributed by atoms with E-state index in [4.69, 9.17) is 0 Å². The first-order valence-electron chi connectivity index (χ1n) is 9.88. The molecule has 0 amide bonds. The zero-order valence-corrected chi connectivity index (χ0v) is 15.1. The summed E-state index contributed by atoms with van der Waals surface area (Å²) >= 11 is 0. The van der Waals surface area contributed by atoms with Crippen LogP contribution in [0.1, 0.15) is 47.9 Å². The van der Waals surface area contributed by atoms with Gasteiger partial charge in [0.2, 0.25) is 0 Å². The second-order valence-corrected chi connectivity index (χ2v) is 7.66. The molecule has 3 aromatic carbocycles. The smallest absolute Gasteiger partial charge is 0.0546 e. The van der Waals surface area contributed by atoms with Crippen LogP contribution in [0.5, 0.6) is 0 Å². The molecule has 0 N–H and O–H groups in total. The Morgan fingerprint density at radius 2 is 1.35 bits per heavy atom. The number of para-hydroxylation sites is 1. The Morgan fingerprint density at radius 3 is 2.15 bits per heavy atom. The average molecular weight is 339 g/mol. The summed E-state index contributed by atoms with van der Waals surface area (Å²) in [4.78, 5) is 2.72. The lowest BCUT2D eigenvalue weighted by atomic mass is 9.91. The average Bonchev–Trinajstić information content (AvgIpc) is 3.33. The van der Waals surface area contributed by atoms with E-state index >= 15 is 0 Å². The highest BCUT2D eigenvalue weighted by molar-refractivity contribution is 5.53. The van der Waals surface area contributed by atoms with Crippen LogP contribution in [-0.4, -0.2) is 6.04 Å². The molecule has 0 bridgehead atoms. The van der Waals surface area contributed by atoms with Crippen LogP contribution in [0.3, 0.4) is 0 Å². The van der Waals surface area contributed by atoms with Crippen molar-refractivity contribution in [2.24, 2.45) is 0 Å². The lowest BCUT2D eigenvalue weighted by Crippen LogP contribution is -2.35. The van der Waals surface area contributed by atoms with Crippen molar-refractivity contribution in [1.82, 2.24) is 0 Å². The second kappa shape index (κ2) is 6.64. The molecule has 1 fully saturated rings. The summed E-state index contributed by atoms with van der Waals surface area (Å²) in [5, 5.41) is 0. The molecular formula is C25H25N. The van der Waals surface area contributed by atoms with E-state index in [0.29, 0.717) is 18.0 Å². The zero-order valence-electron chi connectivity index (χ0n) is 15.1. The van der Waals surface area contributed by atoms with Crippen molar-refractivity contribution in [3.8, 4) is 0 Å². The number of nitrogens with zero attached hydrogens (tertiary/aromatic N) is 1. The SMILES string of the molecule is c1ccc([C@H]2CC[C@@H]([C@H]3CCc4ccccc43)N2c2ccccc2)cc1. The van der Waals surface area contributed by atoms with Crippen molar-refractivity contribution in [2.45, 2.75) is 43.7 Å². The minimum absolute atomic E-state index is 0.483. The highest BCUT2D eigenvalue weighted by atomic mass is 15.2. The van der Waals surface area contributed by atoms with Crippen LogP contribution < -0.4 is 4.90 Å². The van der Waals surface area contributed by atoms with Crippen LogP contribution in [0.4, 0.5) is 5.69 Å².